The van der Waals surface area contributed by atoms with Crippen molar-refractivity contribution in [2.45, 2.75) is 31.5 Å². The molecule has 10 nitrogen and oxygen atoms in total. The molecule has 0 aliphatic carbocycles. The van der Waals surface area contributed by atoms with Crippen LogP contribution in [-0.4, -0.2) is 51.1 Å². The fraction of sp³-hybridized carbons (Fsp3) is 0.350. The number of nitrogens with zero attached hydrogens (tertiary/aromatic N) is 7. The van der Waals surface area contributed by atoms with Crippen LogP contribution in [0.4, 0.5) is 17.2 Å². The SMILES string of the molecule is CC(C#N)Nc1cc(-n2ncc3cc(C#N)c(N4C[C@H]5C[C@@H]4CO5)nc32)ncc1N. The van der Waals surface area contributed by atoms with E-state index in [0.717, 1.165) is 18.4 Å². The average molecular weight is 401 g/mol. The lowest BCUT2D eigenvalue weighted by molar-refractivity contribution is 0.0989. The lowest BCUT2D eigenvalue weighted by Gasteiger charge is -2.28. The van der Waals surface area contributed by atoms with Crippen molar-refractivity contribution < 1.29 is 4.74 Å². The number of anilines is 3. The second kappa shape index (κ2) is 6.87. The zero-order valence-corrected chi connectivity index (χ0v) is 16.3. The molecule has 150 valence electrons. The van der Waals surface area contributed by atoms with Gasteiger partial charge in [-0.1, -0.05) is 0 Å². The molecule has 2 aliphatic heterocycles. The molecule has 0 aromatic carbocycles. The number of hydrogen-bond donors (Lipinski definition) is 2. The second-order valence-corrected chi connectivity index (χ2v) is 7.56. The Morgan fingerprint density at radius 1 is 1.33 bits per heavy atom. The largest absolute Gasteiger partial charge is 0.396 e. The Hall–Kier alpha value is -3.89. The van der Waals surface area contributed by atoms with Gasteiger partial charge in [-0.2, -0.15) is 20.3 Å². The van der Waals surface area contributed by atoms with Gasteiger partial charge in [0.15, 0.2) is 11.5 Å². The topological polar surface area (TPSA) is 142 Å². The third-order valence-electron chi connectivity index (χ3n) is 5.52. The monoisotopic (exact) mass is 401 g/mol. The molecule has 2 bridgehead atoms. The number of fused-ring (bicyclic) bond motifs is 3. The fourth-order valence-electron chi connectivity index (χ4n) is 4.04. The minimum atomic E-state index is -0.410. The first-order chi connectivity index (χ1) is 14.6. The van der Waals surface area contributed by atoms with Crippen LogP contribution >= 0.6 is 0 Å². The summed E-state index contributed by atoms with van der Waals surface area (Å²) < 4.78 is 7.30. The summed E-state index contributed by atoms with van der Waals surface area (Å²) in [5, 5.41) is 27.0. The molecule has 10 heteroatoms. The van der Waals surface area contributed by atoms with Gasteiger partial charge < -0.3 is 20.7 Å². The van der Waals surface area contributed by atoms with E-state index in [1.165, 1.54) is 6.20 Å². The number of rotatable bonds is 4. The summed E-state index contributed by atoms with van der Waals surface area (Å²) in [5.74, 6) is 1.16. The van der Waals surface area contributed by atoms with Crippen LogP contribution in [0.15, 0.2) is 24.5 Å². The van der Waals surface area contributed by atoms with Gasteiger partial charge >= 0.3 is 0 Å². The van der Waals surface area contributed by atoms with Crippen molar-refractivity contribution in [1.29, 1.82) is 10.5 Å². The molecule has 2 fully saturated rings. The van der Waals surface area contributed by atoms with Crippen molar-refractivity contribution in [3.63, 3.8) is 0 Å². The fourth-order valence-corrected chi connectivity index (χ4v) is 4.04. The van der Waals surface area contributed by atoms with Gasteiger partial charge in [0.05, 0.1) is 54.2 Å². The number of nitrogen functional groups attached to an aromatic ring is 1. The molecule has 5 rings (SSSR count). The number of ether oxygens (including phenoxy) is 1. The summed E-state index contributed by atoms with van der Waals surface area (Å²) >= 11 is 0. The number of morpholine rings is 1. The van der Waals surface area contributed by atoms with Crippen LogP contribution in [0.25, 0.3) is 16.9 Å². The van der Waals surface area contributed by atoms with E-state index in [9.17, 15) is 5.26 Å². The maximum absolute atomic E-state index is 9.67. The van der Waals surface area contributed by atoms with Crippen LogP contribution in [-0.2, 0) is 4.74 Å². The molecule has 0 spiro atoms. The Balaban J connectivity index is 1.60. The van der Waals surface area contributed by atoms with E-state index in [1.807, 2.05) is 6.07 Å². The maximum Gasteiger partial charge on any atom is 0.167 e. The van der Waals surface area contributed by atoms with E-state index in [4.69, 9.17) is 20.7 Å². The van der Waals surface area contributed by atoms with Crippen molar-refractivity contribution in [3.8, 4) is 18.0 Å². The van der Waals surface area contributed by atoms with E-state index < -0.39 is 6.04 Å². The standard InChI is InChI=1S/C20H19N9O/c1-11(5-21)26-17-4-18(24-8-16(17)23)29-20-13(7-25-29)2-12(6-22)19(27-20)28-9-15-3-14(28)10-30-15/h2,4,7-8,11,14-15H,3,9-10,23H2,1H3,(H,24,26)/t11?,14-,15-/m1/s1. The number of nitrogens with one attached hydrogen (secondary N) is 1. The summed E-state index contributed by atoms with van der Waals surface area (Å²) in [6.45, 7) is 3.12. The van der Waals surface area contributed by atoms with Crippen LogP contribution in [0.3, 0.4) is 0 Å². The number of pyridine rings is 2. The van der Waals surface area contributed by atoms with Gasteiger partial charge in [0.25, 0.3) is 0 Å². The van der Waals surface area contributed by atoms with Crippen LogP contribution in [0, 0.1) is 22.7 Å². The van der Waals surface area contributed by atoms with Gasteiger partial charge in [-0.05, 0) is 19.4 Å². The highest BCUT2D eigenvalue weighted by Crippen LogP contribution is 2.34. The van der Waals surface area contributed by atoms with Crippen LogP contribution in [0.2, 0.25) is 0 Å². The number of aromatic nitrogens is 4. The zero-order valence-electron chi connectivity index (χ0n) is 16.3. The number of nitrogens with two attached hydrogens (primary N) is 1. The van der Waals surface area contributed by atoms with E-state index in [2.05, 4.69) is 32.4 Å². The van der Waals surface area contributed by atoms with Crippen molar-refractivity contribution in [1.82, 2.24) is 19.7 Å². The normalized spacial score (nSPS) is 20.8. The van der Waals surface area contributed by atoms with Gasteiger partial charge in [-0.3, -0.25) is 0 Å². The molecule has 3 aromatic rings. The van der Waals surface area contributed by atoms with Gasteiger partial charge in [0.2, 0.25) is 0 Å². The summed E-state index contributed by atoms with van der Waals surface area (Å²) in [5.41, 5.74) is 8.16. The smallest absolute Gasteiger partial charge is 0.167 e. The molecule has 0 amide bonds. The second-order valence-electron chi connectivity index (χ2n) is 7.56. The highest BCUT2D eigenvalue weighted by Gasteiger charge is 2.40. The molecule has 3 aromatic heterocycles. The van der Waals surface area contributed by atoms with Crippen LogP contribution in [0.1, 0.15) is 18.9 Å². The van der Waals surface area contributed by atoms with E-state index in [1.54, 1.807) is 23.9 Å². The van der Waals surface area contributed by atoms with Crippen LogP contribution in [0.5, 0.6) is 0 Å². The first kappa shape index (κ1) is 18.2. The van der Waals surface area contributed by atoms with Crippen molar-refractivity contribution >= 4 is 28.2 Å². The molecule has 2 aliphatic rings. The quantitative estimate of drug-likeness (QED) is 0.666. The first-order valence-electron chi connectivity index (χ1n) is 9.66. The molecule has 5 heterocycles. The molecule has 3 N–H and O–H groups in total. The lowest BCUT2D eigenvalue weighted by Crippen LogP contribution is -2.38. The molecular formula is C20H19N9O. The molecule has 0 saturated carbocycles. The van der Waals surface area contributed by atoms with E-state index in [0.29, 0.717) is 40.8 Å². The predicted molar refractivity (Wildman–Crippen MR) is 110 cm³/mol. The highest BCUT2D eigenvalue weighted by atomic mass is 16.5. The van der Waals surface area contributed by atoms with Gasteiger partial charge in [0.1, 0.15) is 17.9 Å². The van der Waals surface area contributed by atoms with Crippen LogP contribution < -0.4 is 16.0 Å². The third-order valence-corrected chi connectivity index (χ3v) is 5.52. The Labute approximate surface area is 172 Å². The first-order valence-corrected chi connectivity index (χ1v) is 9.66. The summed E-state index contributed by atoms with van der Waals surface area (Å²) in [4.78, 5) is 11.4. The summed E-state index contributed by atoms with van der Waals surface area (Å²) in [6.07, 6.45) is 4.33. The molecule has 3 atom stereocenters. The third kappa shape index (κ3) is 2.86. The lowest BCUT2D eigenvalue weighted by atomic mass is 10.2. The summed E-state index contributed by atoms with van der Waals surface area (Å²) in [6, 6.07) is 7.76. The van der Waals surface area contributed by atoms with E-state index in [-0.39, 0.29) is 12.1 Å². The van der Waals surface area contributed by atoms with Gasteiger partial charge in [-0.15, -0.1) is 0 Å². The molecular weight excluding hydrogens is 382 g/mol. The van der Waals surface area contributed by atoms with Crippen molar-refractivity contribution in [2.24, 2.45) is 0 Å². The Morgan fingerprint density at radius 3 is 2.90 bits per heavy atom. The maximum atomic E-state index is 9.67. The molecule has 0 radical (unpaired) electrons. The van der Waals surface area contributed by atoms with Gasteiger partial charge in [-0.25, -0.2) is 9.97 Å². The number of nitriles is 2. The Bertz CT molecular complexity index is 1220. The Kier molecular flexibility index (Phi) is 4.16. The van der Waals surface area contributed by atoms with E-state index >= 15 is 0 Å². The average Bonchev–Trinajstić information content (AvgIpc) is 3.49. The van der Waals surface area contributed by atoms with Crippen molar-refractivity contribution in [3.05, 3.63) is 30.1 Å². The molecule has 1 unspecified atom stereocenters. The van der Waals surface area contributed by atoms with Gasteiger partial charge in [0, 0.05) is 18.0 Å². The van der Waals surface area contributed by atoms with Crippen molar-refractivity contribution in [2.75, 3.05) is 29.1 Å². The predicted octanol–water partition coefficient (Wildman–Crippen LogP) is 1.57. The Morgan fingerprint density at radius 2 is 2.20 bits per heavy atom. The number of hydrogen-bond acceptors (Lipinski definition) is 9. The molecule has 30 heavy (non-hydrogen) atoms. The minimum Gasteiger partial charge on any atom is -0.396 e. The molecule has 2 saturated heterocycles. The summed E-state index contributed by atoms with van der Waals surface area (Å²) in [7, 11) is 0. The minimum absolute atomic E-state index is 0.193. The zero-order chi connectivity index (χ0) is 20.8. The highest BCUT2D eigenvalue weighted by molar-refractivity contribution is 5.82.